The summed E-state index contributed by atoms with van der Waals surface area (Å²) in [6, 6.07) is 8.63. The van der Waals surface area contributed by atoms with Gasteiger partial charge in [-0.25, -0.2) is 0 Å². The molecule has 0 saturated heterocycles. The minimum Gasteiger partial charge on any atom is -0.349 e. The zero-order valence-corrected chi connectivity index (χ0v) is 12.2. The highest BCUT2D eigenvalue weighted by atomic mass is 16.1. The van der Waals surface area contributed by atoms with E-state index in [2.05, 4.69) is 43.4 Å². The van der Waals surface area contributed by atoms with Gasteiger partial charge in [-0.15, -0.1) is 0 Å². The van der Waals surface area contributed by atoms with Crippen LogP contribution >= 0.6 is 0 Å². The van der Waals surface area contributed by atoms with Gasteiger partial charge in [-0.3, -0.25) is 4.79 Å². The zero-order chi connectivity index (χ0) is 13.7. The van der Waals surface area contributed by atoms with Gasteiger partial charge in [0.15, 0.2) is 0 Å². The van der Waals surface area contributed by atoms with Crippen molar-refractivity contribution in [1.29, 1.82) is 0 Å². The SMILES string of the molecule is CC(C)Cc1ccc([C@H](C)NC(=O)C(C)C)cc1. The minimum absolute atomic E-state index is 0.0349. The number of rotatable bonds is 5. The molecule has 2 nitrogen and oxygen atoms in total. The maximum atomic E-state index is 11.6. The van der Waals surface area contributed by atoms with Crippen LogP contribution in [-0.2, 0) is 11.2 Å². The molecule has 1 rings (SSSR count). The molecule has 2 heteroatoms. The van der Waals surface area contributed by atoms with E-state index in [1.165, 1.54) is 5.56 Å². The van der Waals surface area contributed by atoms with Crippen molar-refractivity contribution in [3.05, 3.63) is 35.4 Å². The maximum Gasteiger partial charge on any atom is 0.223 e. The molecule has 0 fully saturated rings. The lowest BCUT2D eigenvalue weighted by atomic mass is 10.00. The molecular formula is C16H25NO. The molecule has 0 heterocycles. The highest BCUT2D eigenvalue weighted by Gasteiger charge is 2.12. The van der Waals surface area contributed by atoms with E-state index in [-0.39, 0.29) is 17.9 Å². The predicted octanol–water partition coefficient (Wildman–Crippen LogP) is 3.72. The van der Waals surface area contributed by atoms with E-state index in [1.807, 2.05) is 20.8 Å². The Labute approximate surface area is 111 Å². The van der Waals surface area contributed by atoms with Crippen molar-refractivity contribution >= 4 is 5.91 Å². The first kappa shape index (κ1) is 14.7. The van der Waals surface area contributed by atoms with Crippen LogP contribution in [0.4, 0.5) is 0 Å². The Balaban J connectivity index is 2.64. The van der Waals surface area contributed by atoms with Crippen molar-refractivity contribution in [3.63, 3.8) is 0 Å². The summed E-state index contributed by atoms with van der Waals surface area (Å²) in [6.07, 6.45) is 1.10. The number of nitrogens with one attached hydrogen (secondary N) is 1. The van der Waals surface area contributed by atoms with Crippen molar-refractivity contribution in [2.75, 3.05) is 0 Å². The van der Waals surface area contributed by atoms with Crippen molar-refractivity contribution in [2.24, 2.45) is 11.8 Å². The Morgan fingerprint density at radius 2 is 1.61 bits per heavy atom. The number of hydrogen-bond donors (Lipinski definition) is 1. The normalized spacial score (nSPS) is 12.8. The van der Waals surface area contributed by atoms with Gasteiger partial charge >= 0.3 is 0 Å². The summed E-state index contributed by atoms with van der Waals surface area (Å²) in [6.45, 7) is 10.3. The minimum atomic E-state index is 0.0349. The van der Waals surface area contributed by atoms with Gasteiger partial charge in [0.2, 0.25) is 5.91 Å². The second-order valence-electron chi connectivity index (χ2n) is 5.72. The molecule has 1 aromatic rings. The Kier molecular flexibility index (Phi) is 5.39. The van der Waals surface area contributed by atoms with Crippen LogP contribution < -0.4 is 5.32 Å². The molecule has 0 unspecified atom stereocenters. The number of benzene rings is 1. The van der Waals surface area contributed by atoms with Crippen molar-refractivity contribution in [1.82, 2.24) is 5.32 Å². The van der Waals surface area contributed by atoms with E-state index < -0.39 is 0 Å². The molecule has 0 aliphatic carbocycles. The molecule has 1 N–H and O–H groups in total. The van der Waals surface area contributed by atoms with E-state index in [0.29, 0.717) is 5.92 Å². The summed E-state index contributed by atoms with van der Waals surface area (Å²) < 4.78 is 0. The smallest absolute Gasteiger partial charge is 0.223 e. The molecule has 0 aliphatic heterocycles. The second-order valence-corrected chi connectivity index (χ2v) is 5.72. The Hall–Kier alpha value is -1.31. The van der Waals surface area contributed by atoms with Gasteiger partial charge in [-0.2, -0.15) is 0 Å². The number of carbonyl (C=O) groups is 1. The van der Waals surface area contributed by atoms with Crippen LogP contribution in [-0.4, -0.2) is 5.91 Å². The average Bonchev–Trinajstić information content (AvgIpc) is 2.28. The number of carbonyl (C=O) groups excluding carboxylic acids is 1. The van der Waals surface area contributed by atoms with Crippen LogP contribution in [0.25, 0.3) is 0 Å². The zero-order valence-electron chi connectivity index (χ0n) is 12.2. The summed E-state index contributed by atoms with van der Waals surface area (Å²) in [5.41, 5.74) is 2.52. The fourth-order valence-corrected chi connectivity index (χ4v) is 1.88. The first-order valence-corrected chi connectivity index (χ1v) is 6.79. The summed E-state index contributed by atoms with van der Waals surface area (Å²) in [4.78, 5) is 11.6. The lowest BCUT2D eigenvalue weighted by Crippen LogP contribution is -2.30. The van der Waals surface area contributed by atoms with E-state index in [0.717, 1.165) is 12.0 Å². The van der Waals surface area contributed by atoms with E-state index in [4.69, 9.17) is 0 Å². The van der Waals surface area contributed by atoms with Crippen molar-refractivity contribution in [3.8, 4) is 0 Å². The molecule has 1 atom stereocenters. The molecule has 0 saturated carbocycles. The fraction of sp³-hybridized carbons (Fsp3) is 0.562. The highest BCUT2D eigenvalue weighted by Crippen LogP contribution is 2.16. The van der Waals surface area contributed by atoms with Crippen LogP contribution in [0.3, 0.4) is 0 Å². The predicted molar refractivity (Wildman–Crippen MR) is 76.4 cm³/mol. The van der Waals surface area contributed by atoms with Crippen molar-refractivity contribution in [2.45, 2.75) is 47.1 Å². The third-order valence-electron chi connectivity index (χ3n) is 3.01. The fourth-order valence-electron chi connectivity index (χ4n) is 1.88. The van der Waals surface area contributed by atoms with E-state index in [1.54, 1.807) is 0 Å². The van der Waals surface area contributed by atoms with Gasteiger partial charge in [0.25, 0.3) is 0 Å². The standard InChI is InChI=1S/C16H25NO/c1-11(2)10-14-6-8-15(9-7-14)13(5)17-16(18)12(3)4/h6-9,11-13H,10H2,1-5H3,(H,17,18)/t13-/m0/s1. The second kappa shape index (κ2) is 6.58. The van der Waals surface area contributed by atoms with Gasteiger partial charge in [-0.1, -0.05) is 52.0 Å². The topological polar surface area (TPSA) is 29.1 Å². The third-order valence-corrected chi connectivity index (χ3v) is 3.01. The molecule has 0 aliphatic rings. The van der Waals surface area contributed by atoms with Gasteiger partial charge in [0.1, 0.15) is 0 Å². The van der Waals surface area contributed by atoms with Gasteiger partial charge in [0.05, 0.1) is 6.04 Å². The maximum absolute atomic E-state index is 11.6. The molecule has 0 aromatic heterocycles. The molecule has 1 amide bonds. The van der Waals surface area contributed by atoms with Gasteiger partial charge < -0.3 is 5.32 Å². The molecule has 1 aromatic carbocycles. The Bertz CT molecular complexity index is 379. The molecular weight excluding hydrogens is 222 g/mol. The monoisotopic (exact) mass is 247 g/mol. The molecule has 18 heavy (non-hydrogen) atoms. The summed E-state index contributed by atoms with van der Waals surface area (Å²) >= 11 is 0. The van der Waals surface area contributed by atoms with Gasteiger partial charge in [0, 0.05) is 5.92 Å². The van der Waals surface area contributed by atoms with Crippen LogP contribution in [0.1, 0.15) is 51.8 Å². The molecule has 0 spiro atoms. The lowest BCUT2D eigenvalue weighted by Gasteiger charge is -2.16. The van der Waals surface area contributed by atoms with Crippen LogP contribution in [0.2, 0.25) is 0 Å². The first-order valence-electron chi connectivity index (χ1n) is 6.79. The number of hydrogen-bond acceptors (Lipinski definition) is 1. The van der Waals surface area contributed by atoms with Crippen LogP contribution in [0.5, 0.6) is 0 Å². The Morgan fingerprint density at radius 3 is 2.06 bits per heavy atom. The largest absolute Gasteiger partial charge is 0.349 e. The van der Waals surface area contributed by atoms with Crippen LogP contribution in [0.15, 0.2) is 24.3 Å². The first-order chi connectivity index (χ1) is 8.40. The third kappa shape index (κ3) is 4.52. The van der Waals surface area contributed by atoms with Gasteiger partial charge in [-0.05, 0) is 30.4 Å². The Morgan fingerprint density at radius 1 is 1.06 bits per heavy atom. The summed E-state index contributed by atoms with van der Waals surface area (Å²) in [7, 11) is 0. The van der Waals surface area contributed by atoms with Crippen LogP contribution in [0, 0.1) is 11.8 Å². The molecule has 0 bridgehead atoms. The lowest BCUT2D eigenvalue weighted by molar-refractivity contribution is -0.124. The summed E-state index contributed by atoms with van der Waals surface area (Å²) in [5, 5.41) is 3.02. The van der Waals surface area contributed by atoms with E-state index in [9.17, 15) is 4.79 Å². The highest BCUT2D eigenvalue weighted by molar-refractivity contribution is 5.78. The number of amides is 1. The molecule has 0 radical (unpaired) electrons. The van der Waals surface area contributed by atoms with Crippen molar-refractivity contribution < 1.29 is 4.79 Å². The van der Waals surface area contributed by atoms with E-state index >= 15 is 0 Å². The quantitative estimate of drug-likeness (QED) is 0.844. The average molecular weight is 247 g/mol. The molecule has 100 valence electrons. The summed E-state index contributed by atoms with van der Waals surface area (Å²) in [5.74, 6) is 0.815.